The maximum absolute atomic E-state index is 6.61. The fourth-order valence-corrected chi connectivity index (χ4v) is 8.82. The summed E-state index contributed by atoms with van der Waals surface area (Å²) in [4.78, 5) is 4.56. The highest BCUT2D eigenvalue weighted by Gasteiger charge is 2.28. The predicted octanol–water partition coefficient (Wildman–Crippen LogP) is 15.3. The van der Waals surface area contributed by atoms with E-state index in [4.69, 9.17) is 9.47 Å². The quantitative estimate of drug-likeness (QED) is 0.175. The van der Waals surface area contributed by atoms with Crippen molar-refractivity contribution in [1.29, 1.82) is 0 Å². The third kappa shape index (κ3) is 5.40. The second-order valence-corrected chi connectivity index (χ2v) is 15.0. The Hall–Kier alpha value is -8.02. The van der Waals surface area contributed by atoms with E-state index in [0.29, 0.717) is 0 Å². The van der Waals surface area contributed by atoms with E-state index in [1.807, 2.05) is 36.4 Å². The van der Waals surface area contributed by atoms with Gasteiger partial charge in [0, 0.05) is 27.8 Å². The van der Waals surface area contributed by atoms with E-state index in [0.717, 1.165) is 96.1 Å². The van der Waals surface area contributed by atoms with Crippen LogP contribution in [-0.2, 0) is 0 Å². The fourth-order valence-electron chi connectivity index (χ4n) is 8.82. The van der Waals surface area contributed by atoms with Crippen LogP contribution >= 0.6 is 0 Å². The Balaban J connectivity index is 0.989. The van der Waals surface area contributed by atoms with Gasteiger partial charge in [-0.25, -0.2) is 0 Å². The normalized spacial score (nSPS) is 12.6. The first kappa shape index (κ1) is 33.2. The molecule has 5 nitrogen and oxygen atoms in total. The van der Waals surface area contributed by atoms with Crippen molar-refractivity contribution in [1.82, 2.24) is 4.57 Å². The number of hydrogen-bond donors (Lipinski definition) is 0. The Kier molecular flexibility index (Phi) is 7.47. The Morgan fingerprint density at radius 2 is 0.627 bits per heavy atom. The van der Waals surface area contributed by atoms with Crippen LogP contribution in [0.2, 0.25) is 0 Å². The number of para-hydroxylation sites is 7. The van der Waals surface area contributed by atoms with E-state index >= 15 is 0 Å². The zero-order valence-electron chi connectivity index (χ0n) is 31.9. The molecule has 278 valence electrons. The van der Waals surface area contributed by atoms with Crippen molar-refractivity contribution < 1.29 is 9.47 Å². The molecule has 0 saturated heterocycles. The van der Waals surface area contributed by atoms with Crippen molar-refractivity contribution >= 4 is 55.9 Å². The number of aromatic nitrogens is 1. The lowest BCUT2D eigenvalue weighted by molar-refractivity contribution is 0.477. The summed E-state index contributed by atoms with van der Waals surface area (Å²) in [6, 6.07) is 74.8. The smallest absolute Gasteiger partial charge is 0.152 e. The molecule has 12 rings (SSSR count). The average Bonchev–Trinajstić information content (AvgIpc) is 3.63. The first-order valence-electron chi connectivity index (χ1n) is 19.9. The van der Waals surface area contributed by atoms with Gasteiger partial charge in [0.15, 0.2) is 23.0 Å². The van der Waals surface area contributed by atoms with Crippen LogP contribution in [0.4, 0.5) is 34.1 Å². The summed E-state index contributed by atoms with van der Waals surface area (Å²) in [7, 11) is 0. The second kappa shape index (κ2) is 13.3. The molecule has 59 heavy (non-hydrogen) atoms. The van der Waals surface area contributed by atoms with Gasteiger partial charge in [0.05, 0.1) is 33.8 Å². The second-order valence-electron chi connectivity index (χ2n) is 15.0. The van der Waals surface area contributed by atoms with E-state index in [9.17, 15) is 0 Å². The molecule has 0 fully saturated rings. The third-order valence-corrected chi connectivity index (χ3v) is 11.5. The fraction of sp³-hybridized carbons (Fsp3) is 0. The minimum absolute atomic E-state index is 0.822. The topological polar surface area (TPSA) is 29.9 Å². The molecule has 0 saturated carbocycles. The zero-order valence-corrected chi connectivity index (χ0v) is 31.9. The van der Waals surface area contributed by atoms with Gasteiger partial charge in [-0.3, -0.25) is 0 Å². The summed E-state index contributed by atoms with van der Waals surface area (Å²) in [6.07, 6.45) is 0. The molecule has 0 amide bonds. The van der Waals surface area contributed by atoms with E-state index < -0.39 is 0 Å². The standard InChI is InChI=1S/C54H35N3O2/c1-4-14-40(15-5-1)55-45-28-24-36(38-26-30-49-53(34-38)58-51-22-12-10-20-47(51)56(49)41-16-6-2-7-17-41)32-43(45)44-33-37(25-29-46(44)55)39-27-31-50-54(35-39)59-52-23-13-11-21-48(52)57(50)42-18-8-3-9-19-42/h1-35H. The lowest BCUT2D eigenvalue weighted by Crippen LogP contribution is -2.15. The number of hydrogen-bond acceptors (Lipinski definition) is 4. The van der Waals surface area contributed by atoms with Crippen LogP contribution in [0.5, 0.6) is 23.0 Å². The summed E-state index contributed by atoms with van der Waals surface area (Å²) in [5, 5.41) is 2.35. The molecule has 9 aromatic carbocycles. The maximum Gasteiger partial charge on any atom is 0.152 e. The molecule has 2 aliphatic heterocycles. The molecule has 0 bridgehead atoms. The summed E-state index contributed by atoms with van der Waals surface area (Å²) in [6.45, 7) is 0. The number of fused-ring (bicyclic) bond motifs is 7. The SMILES string of the molecule is c1ccc(N2c3ccccc3Oc3cc(-c4ccc5c(c4)c4cc(-c6ccc7c(c6)Oc6ccccc6N7c6ccccc6)ccc4n5-c4ccccc4)ccc32)cc1. The summed E-state index contributed by atoms with van der Waals surface area (Å²) >= 11 is 0. The minimum Gasteiger partial charge on any atom is -0.453 e. The molecule has 2 aliphatic rings. The first-order chi connectivity index (χ1) is 29.2. The monoisotopic (exact) mass is 757 g/mol. The summed E-state index contributed by atoms with van der Waals surface area (Å²) < 4.78 is 15.6. The van der Waals surface area contributed by atoms with Gasteiger partial charge < -0.3 is 23.8 Å². The van der Waals surface area contributed by atoms with Crippen LogP contribution in [-0.4, -0.2) is 4.57 Å². The Labute approximate surface area is 341 Å². The molecule has 10 aromatic rings. The highest BCUT2D eigenvalue weighted by Crippen LogP contribution is 2.53. The lowest BCUT2D eigenvalue weighted by Gasteiger charge is -2.33. The van der Waals surface area contributed by atoms with Crippen LogP contribution in [0.1, 0.15) is 0 Å². The lowest BCUT2D eigenvalue weighted by atomic mass is 9.99. The van der Waals surface area contributed by atoms with Gasteiger partial charge in [-0.1, -0.05) is 103 Å². The number of anilines is 6. The molecular weight excluding hydrogens is 723 g/mol. The Morgan fingerprint density at radius 1 is 0.271 bits per heavy atom. The van der Waals surface area contributed by atoms with E-state index in [1.165, 1.54) is 10.8 Å². The van der Waals surface area contributed by atoms with Crippen LogP contribution in [0.15, 0.2) is 212 Å². The van der Waals surface area contributed by atoms with Gasteiger partial charge in [0.2, 0.25) is 0 Å². The maximum atomic E-state index is 6.61. The van der Waals surface area contributed by atoms with Gasteiger partial charge in [0.25, 0.3) is 0 Å². The number of ether oxygens (including phenoxy) is 2. The number of rotatable bonds is 5. The molecule has 0 atom stereocenters. The van der Waals surface area contributed by atoms with Gasteiger partial charge in [0.1, 0.15) is 0 Å². The summed E-state index contributed by atoms with van der Waals surface area (Å²) in [5.74, 6) is 3.31. The predicted molar refractivity (Wildman–Crippen MR) is 241 cm³/mol. The van der Waals surface area contributed by atoms with Crippen LogP contribution in [0, 0.1) is 0 Å². The minimum atomic E-state index is 0.822. The Bertz CT molecular complexity index is 3030. The molecule has 0 radical (unpaired) electrons. The van der Waals surface area contributed by atoms with Crippen LogP contribution < -0.4 is 19.3 Å². The van der Waals surface area contributed by atoms with Gasteiger partial charge >= 0.3 is 0 Å². The molecule has 0 unspecified atom stereocenters. The van der Waals surface area contributed by atoms with Crippen molar-refractivity contribution in [2.24, 2.45) is 0 Å². The van der Waals surface area contributed by atoms with E-state index in [-0.39, 0.29) is 0 Å². The van der Waals surface area contributed by atoms with Crippen molar-refractivity contribution in [3.63, 3.8) is 0 Å². The highest BCUT2D eigenvalue weighted by atomic mass is 16.5. The van der Waals surface area contributed by atoms with Crippen molar-refractivity contribution in [2.75, 3.05) is 9.80 Å². The highest BCUT2D eigenvalue weighted by molar-refractivity contribution is 6.12. The molecule has 1 aromatic heterocycles. The van der Waals surface area contributed by atoms with Gasteiger partial charge in [-0.2, -0.15) is 0 Å². The van der Waals surface area contributed by atoms with E-state index in [1.54, 1.807) is 0 Å². The van der Waals surface area contributed by atoms with Gasteiger partial charge in [-0.05, 0) is 131 Å². The first-order valence-corrected chi connectivity index (χ1v) is 19.9. The van der Waals surface area contributed by atoms with Crippen LogP contribution in [0.25, 0.3) is 49.7 Å². The molecule has 5 heteroatoms. The Morgan fingerprint density at radius 3 is 1.08 bits per heavy atom. The van der Waals surface area contributed by atoms with Crippen molar-refractivity contribution in [3.8, 4) is 50.9 Å². The third-order valence-electron chi connectivity index (χ3n) is 11.5. The van der Waals surface area contributed by atoms with Crippen molar-refractivity contribution in [2.45, 2.75) is 0 Å². The number of nitrogens with zero attached hydrogens (tertiary/aromatic N) is 3. The molecule has 3 heterocycles. The molecular formula is C54H35N3O2. The van der Waals surface area contributed by atoms with E-state index in [2.05, 4.69) is 190 Å². The average molecular weight is 758 g/mol. The van der Waals surface area contributed by atoms with Crippen LogP contribution in [0.3, 0.4) is 0 Å². The number of benzene rings is 9. The van der Waals surface area contributed by atoms with Crippen molar-refractivity contribution in [3.05, 3.63) is 212 Å². The zero-order chi connectivity index (χ0) is 38.9. The largest absolute Gasteiger partial charge is 0.453 e. The summed E-state index contributed by atoms with van der Waals surface area (Å²) in [5.41, 5.74) is 14.1. The van der Waals surface area contributed by atoms with Gasteiger partial charge in [-0.15, -0.1) is 0 Å². The molecule has 0 N–H and O–H groups in total. The molecule has 0 aliphatic carbocycles. The molecule has 0 spiro atoms.